The van der Waals surface area contributed by atoms with E-state index in [1.807, 2.05) is 4.72 Å². The highest BCUT2D eigenvalue weighted by molar-refractivity contribution is 7.92. The molecule has 1 aromatic heterocycles. The number of halogens is 1. The lowest BCUT2D eigenvalue weighted by Crippen LogP contribution is -2.21. The lowest BCUT2D eigenvalue weighted by Gasteiger charge is -2.09. The number of rotatable bonds is 3. The van der Waals surface area contributed by atoms with E-state index in [1.165, 1.54) is 18.3 Å². The van der Waals surface area contributed by atoms with Crippen molar-refractivity contribution in [1.82, 2.24) is 4.98 Å². The molecule has 2 aromatic rings. The maximum Gasteiger partial charge on any atom is 0.267 e. The second-order valence-electron chi connectivity index (χ2n) is 3.75. The fourth-order valence-corrected chi connectivity index (χ4v) is 2.66. The predicted octanol–water partition coefficient (Wildman–Crippen LogP) is 1.19. The van der Waals surface area contributed by atoms with Gasteiger partial charge in [0.1, 0.15) is 17.4 Å². The number of nitrogens with zero attached hydrogens (tertiary/aromatic N) is 1. The van der Waals surface area contributed by atoms with E-state index in [4.69, 9.17) is 5.26 Å². The van der Waals surface area contributed by atoms with Crippen LogP contribution in [0.3, 0.4) is 0 Å². The normalized spacial score (nSPS) is 10.8. The molecule has 0 saturated heterocycles. The van der Waals surface area contributed by atoms with Crippen LogP contribution in [0.1, 0.15) is 5.56 Å². The van der Waals surface area contributed by atoms with Crippen LogP contribution in [0.25, 0.3) is 0 Å². The van der Waals surface area contributed by atoms with E-state index in [-0.39, 0.29) is 5.69 Å². The fourth-order valence-electron chi connectivity index (χ4n) is 1.53. The minimum atomic E-state index is -4.20. The first kappa shape index (κ1) is 13.8. The summed E-state index contributed by atoms with van der Waals surface area (Å²) < 4.78 is 39.5. The number of benzene rings is 1. The predicted molar refractivity (Wildman–Crippen MR) is 69.0 cm³/mol. The number of aromatic amines is 1. The summed E-state index contributed by atoms with van der Waals surface area (Å²) in [4.78, 5) is 13.5. The molecular formula is C12H8FN3O3S. The Morgan fingerprint density at radius 2 is 2.05 bits per heavy atom. The Bertz CT molecular complexity index is 853. The smallest absolute Gasteiger partial charge is 0.267 e. The summed E-state index contributed by atoms with van der Waals surface area (Å²) in [5.41, 5.74) is -1.38. The van der Waals surface area contributed by atoms with Crippen molar-refractivity contribution >= 4 is 15.7 Å². The number of hydrogen-bond donors (Lipinski definition) is 2. The molecule has 0 amide bonds. The summed E-state index contributed by atoms with van der Waals surface area (Å²) >= 11 is 0. The molecule has 2 rings (SSSR count). The maximum absolute atomic E-state index is 13.4. The summed E-state index contributed by atoms with van der Waals surface area (Å²) in [6, 6.07) is 6.13. The van der Waals surface area contributed by atoms with E-state index < -0.39 is 31.7 Å². The molecule has 8 heteroatoms. The van der Waals surface area contributed by atoms with Crippen LogP contribution in [0.5, 0.6) is 0 Å². The van der Waals surface area contributed by atoms with Gasteiger partial charge in [0.2, 0.25) is 5.43 Å². The highest BCUT2D eigenvalue weighted by Gasteiger charge is 2.20. The molecule has 0 aliphatic rings. The second kappa shape index (κ2) is 5.14. The van der Waals surface area contributed by atoms with Crippen molar-refractivity contribution in [2.24, 2.45) is 0 Å². The summed E-state index contributed by atoms with van der Waals surface area (Å²) in [6.07, 6.45) is 2.29. The number of nitrogens with one attached hydrogen (secondary N) is 2. The zero-order valence-electron chi connectivity index (χ0n) is 9.92. The molecule has 6 nitrogen and oxygen atoms in total. The van der Waals surface area contributed by atoms with E-state index >= 15 is 0 Å². The van der Waals surface area contributed by atoms with Gasteiger partial charge in [0.05, 0.1) is 5.69 Å². The number of sulfonamides is 1. The first-order valence-corrected chi connectivity index (χ1v) is 6.82. The standard InChI is InChI=1S/C12H8FN3O3S/c13-9-2-1-3-10(8(9)6-14)16-20(18,19)12-7-15-5-4-11(12)17/h1-5,7,16H,(H,15,17). The molecule has 0 spiro atoms. The van der Waals surface area contributed by atoms with Gasteiger partial charge in [0.25, 0.3) is 10.0 Å². The average Bonchev–Trinajstić information content (AvgIpc) is 2.39. The van der Waals surface area contributed by atoms with Crippen LogP contribution in [-0.4, -0.2) is 13.4 Å². The Morgan fingerprint density at radius 1 is 1.30 bits per heavy atom. The third-order valence-corrected chi connectivity index (χ3v) is 3.83. The van der Waals surface area contributed by atoms with Crippen LogP contribution in [0.4, 0.5) is 10.1 Å². The molecule has 1 aromatic carbocycles. The molecule has 0 saturated carbocycles. The highest BCUT2D eigenvalue weighted by atomic mass is 32.2. The van der Waals surface area contributed by atoms with Crippen molar-refractivity contribution < 1.29 is 12.8 Å². The van der Waals surface area contributed by atoms with Crippen LogP contribution < -0.4 is 10.2 Å². The van der Waals surface area contributed by atoms with Crippen LogP contribution in [0.15, 0.2) is 46.3 Å². The molecule has 0 aliphatic carbocycles. The van der Waals surface area contributed by atoms with Gasteiger partial charge in [-0.05, 0) is 12.1 Å². The molecular weight excluding hydrogens is 285 g/mol. The zero-order chi connectivity index (χ0) is 14.8. The summed E-state index contributed by atoms with van der Waals surface area (Å²) in [6.45, 7) is 0. The Morgan fingerprint density at radius 3 is 2.70 bits per heavy atom. The molecule has 0 unspecified atom stereocenters. The zero-order valence-corrected chi connectivity index (χ0v) is 10.7. The summed E-state index contributed by atoms with van der Waals surface area (Å²) in [5, 5.41) is 8.83. The summed E-state index contributed by atoms with van der Waals surface area (Å²) in [7, 11) is -4.20. The number of hydrogen-bond acceptors (Lipinski definition) is 4. The van der Waals surface area contributed by atoms with Crippen LogP contribution >= 0.6 is 0 Å². The Labute approximate surface area is 113 Å². The first-order valence-electron chi connectivity index (χ1n) is 5.34. The van der Waals surface area contributed by atoms with Gasteiger partial charge in [-0.1, -0.05) is 6.07 Å². The fraction of sp³-hybridized carbons (Fsp3) is 0. The van der Waals surface area contributed by atoms with Crippen molar-refractivity contribution in [1.29, 1.82) is 5.26 Å². The van der Waals surface area contributed by atoms with E-state index in [0.717, 1.165) is 18.3 Å². The minimum absolute atomic E-state index is 0.226. The van der Waals surface area contributed by atoms with Crippen molar-refractivity contribution in [2.75, 3.05) is 4.72 Å². The van der Waals surface area contributed by atoms with Gasteiger partial charge in [0.15, 0.2) is 4.90 Å². The third kappa shape index (κ3) is 2.53. The molecule has 1 heterocycles. The number of pyridine rings is 1. The Hall–Kier alpha value is -2.66. The van der Waals surface area contributed by atoms with Crippen molar-refractivity contribution in [2.45, 2.75) is 4.90 Å². The maximum atomic E-state index is 13.4. The van der Waals surface area contributed by atoms with Gasteiger partial charge in [-0.3, -0.25) is 9.52 Å². The van der Waals surface area contributed by atoms with Gasteiger partial charge in [0, 0.05) is 18.5 Å². The van der Waals surface area contributed by atoms with Crippen molar-refractivity contribution in [3.8, 4) is 6.07 Å². The second-order valence-corrected chi connectivity index (χ2v) is 5.40. The Balaban J connectivity index is 2.51. The number of nitriles is 1. The summed E-state index contributed by atoms with van der Waals surface area (Å²) in [5.74, 6) is -0.852. The molecule has 20 heavy (non-hydrogen) atoms. The lowest BCUT2D eigenvalue weighted by atomic mass is 10.2. The van der Waals surface area contributed by atoms with Crippen molar-refractivity contribution in [3.05, 3.63) is 58.3 Å². The van der Waals surface area contributed by atoms with Crippen molar-refractivity contribution in [3.63, 3.8) is 0 Å². The molecule has 0 radical (unpaired) electrons. The molecule has 2 N–H and O–H groups in total. The quantitative estimate of drug-likeness (QED) is 0.887. The highest BCUT2D eigenvalue weighted by Crippen LogP contribution is 2.20. The van der Waals surface area contributed by atoms with Crippen LogP contribution in [0.2, 0.25) is 0 Å². The van der Waals surface area contributed by atoms with E-state index in [9.17, 15) is 17.6 Å². The van der Waals surface area contributed by atoms with Gasteiger partial charge in [-0.2, -0.15) is 5.26 Å². The number of aromatic nitrogens is 1. The monoisotopic (exact) mass is 293 g/mol. The minimum Gasteiger partial charge on any atom is -0.366 e. The van der Waals surface area contributed by atoms with Gasteiger partial charge in [-0.25, -0.2) is 12.8 Å². The lowest BCUT2D eigenvalue weighted by molar-refractivity contribution is 0.600. The van der Waals surface area contributed by atoms with Gasteiger partial charge < -0.3 is 4.98 Å². The van der Waals surface area contributed by atoms with E-state index in [2.05, 4.69) is 4.98 Å². The molecule has 102 valence electrons. The SMILES string of the molecule is N#Cc1c(F)cccc1NS(=O)(=O)c1c[nH]ccc1=O. The first-order chi connectivity index (χ1) is 9.45. The average molecular weight is 293 g/mol. The van der Waals surface area contributed by atoms with E-state index in [1.54, 1.807) is 6.07 Å². The molecule has 0 fully saturated rings. The molecule has 0 aliphatic heterocycles. The Kier molecular flexibility index (Phi) is 3.54. The molecule has 0 atom stereocenters. The van der Waals surface area contributed by atoms with E-state index in [0.29, 0.717) is 0 Å². The molecule has 0 bridgehead atoms. The van der Waals surface area contributed by atoms with Gasteiger partial charge in [-0.15, -0.1) is 0 Å². The van der Waals surface area contributed by atoms with Gasteiger partial charge >= 0.3 is 0 Å². The van der Waals surface area contributed by atoms with Crippen LogP contribution in [0, 0.1) is 17.1 Å². The third-order valence-electron chi connectivity index (χ3n) is 2.45. The van der Waals surface area contributed by atoms with Crippen LogP contribution in [-0.2, 0) is 10.0 Å². The number of anilines is 1. The largest absolute Gasteiger partial charge is 0.366 e. The topological polar surface area (TPSA) is 103 Å². The number of H-pyrrole nitrogens is 1.